The Bertz CT molecular complexity index is 2330. The van der Waals surface area contributed by atoms with Gasteiger partial charge in [-0.3, -0.25) is 24.0 Å². The smallest absolute Gasteiger partial charge is 0.370 e. The van der Waals surface area contributed by atoms with Crippen LogP contribution in [-0.2, 0) is 35.8 Å². The minimum atomic E-state index is -4.69. The maximum atomic E-state index is 13.6. The summed E-state index contributed by atoms with van der Waals surface area (Å²) in [6, 6.07) is 14.6. The van der Waals surface area contributed by atoms with Gasteiger partial charge in [-0.2, -0.15) is 23.4 Å². The first-order valence-electron chi connectivity index (χ1n) is 18.1. The number of aliphatic hydroxyl groups is 1. The number of benzene rings is 2. The van der Waals surface area contributed by atoms with Crippen molar-refractivity contribution >= 4 is 34.4 Å². The van der Waals surface area contributed by atoms with E-state index in [1.165, 1.54) is 18.2 Å². The Hall–Kier alpha value is -6.36. The van der Waals surface area contributed by atoms with Crippen molar-refractivity contribution in [2.45, 2.75) is 64.3 Å². The number of nitrogens with one attached hydrogen (secondary N) is 2. The molecule has 0 fully saturated rings. The molecule has 0 spiro atoms. The Balaban J connectivity index is 0.980. The van der Waals surface area contributed by atoms with Gasteiger partial charge >= 0.3 is 12.2 Å². The summed E-state index contributed by atoms with van der Waals surface area (Å²) < 4.78 is 43.0. The van der Waals surface area contributed by atoms with Crippen LogP contribution < -0.4 is 16.2 Å². The summed E-state index contributed by atoms with van der Waals surface area (Å²) in [7, 11) is 0. The second-order valence-corrected chi connectivity index (χ2v) is 13.7. The first kappa shape index (κ1) is 37.9. The highest BCUT2D eigenvalue weighted by molar-refractivity contribution is 5.93. The Labute approximate surface area is 318 Å². The normalized spacial score (nSPS) is 15.1. The molecule has 2 aromatic carbocycles. The van der Waals surface area contributed by atoms with Gasteiger partial charge < -0.3 is 25.5 Å². The lowest BCUT2D eigenvalue weighted by atomic mass is 10.0. The number of alkyl halides is 3. The van der Waals surface area contributed by atoms with Crippen molar-refractivity contribution in [3.8, 4) is 22.4 Å². The van der Waals surface area contributed by atoms with Gasteiger partial charge in [0, 0.05) is 67.5 Å². The maximum absolute atomic E-state index is 13.6. The average Bonchev–Trinajstić information content (AvgIpc) is 3.88. The maximum Gasteiger partial charge on any atom is 0.408 e. The number of rotatable bonds is 13. The first-order valence-corrected chi connectivity index (χ1v) is 18.1. The number of fused-ring (bicyclic) bond motifs is 2. The average molecular weight is 770 g/mol. The van der Waals surface area contributed by atoms with Crippen LogP contribution in [0.5, 0.6) is 0 Å². The molecule has 56 heavy (non-hydrogen) atoms. The molecule has 2 aliphatic heterocycles. The van der Waals surface area contributed by atoms with Crippen LogP contribution in [0.2, 0.25) is 0 Å². The number of amides is 4. The number of aliphatic hydroxyl groups excluding tert-OH is 1. The molecule has 14 nitrogen and oxygen atoms in total. The molecule has 5 aromatic rings. The fourth-order valence-electron chi connectivity index (χ4n) is 6.68. The summed E-state index contributed by atoms with van der Waals surface area (Å²) in [5.74, 6) is -0.748. The van der Waals surface area contributed by atoms with Gasteiger partial charge in [0.2, 0.25) is 11.8 Å². The quantitative estimate of drug-likeness (QED) is 0.143. The van der Waals surface area contributed by atoms with E-state index in [1.807, 2.05) is 12.3 Å². The molecule has 3 aromatic heterocycles. The van der Waals surface area contributed by atoms with Gasteiger partial charge in [-0.15, -0.1) is 0 Å². The Morgan fingerprint density at radius 1 is 0.911 bits per heavy atom. The highest BCUT2D eigenvalue weighted by Gasteiger charge is 2.30. The number of pyridine rings is 1. The van der Waals surface area contributed by atoms with Crippen molar-refractivity contribution in [1.29, 1.82) is 0 Å². The van der Waals surface area contributed by atoms with Crippen LogP contribution in [0, 0.1) is 0 Å². The molecule has 4 amide bonds. The Kier molecular flexibility index (Phi) is 10.9. The summed E-state index contributed by atoms with van der Waals surface area (Å²) in [6.07, 6.45) is 5.26. The van der Waals surface area contributed by atoms with Crippen molar-refractivity contribution in [3.63, 3.8) is 0 Å². The number of aryl methyl sites for hydroxylation is 1. The predicted molar refractivity (Wildman–Crippen MR) is 200 cm³/mol. The lowest BCUT2D eigenvalue weighted by molar-refractivity contribution is -0.143. The van der Waals surface area contributed by atoms with Crippen molar-refractivity contribution in [1.82, 2.24) is 39.7 Å². The van der Waals surface area contributed by atoms with E-state index < -0.39 is 30.4 Å². The number of unbranched alkanes of at least 4 members (excludes halogenated alkanes) is 3. The number of hydrogen-bond acceptors (Lipinski definition) is 8. The Morgan fingerprint density at radius 2 is 1.68 bits per heavy atom. The Morgan fingerprint density at radius 3 is 2.43 bits per heavy atom. The summed E-state index contributed by atoms with van der Waals surface area (Å²) in [4.78, 5) is 56.9. The van der Waals surface area contributed by atoms with Gasteiger partial charge in [-0.05, 0) is 72.0 Å². The lowest BCUT2D eigenvalue weighted by Crippen LogP contribution is -2.42. The van der Waals surface area contributed by atoms with Gasteiger partial charge in [0.25, 0.3) is 5.56 Å². The zero-order valence-corrected chi connectivity index (χ0v) is 30.1. The summed E-state index contributed by atoms with van der Waals surface area (Å²) in [5.41, 5.74) is 3.30. The SMILES string of the molecule is O=C(CN1C(=O)C=CC1O)NCCCCCCn1cc2cc(-c3cc(-c4ccc(NC(=O)N5Cc6ccncc6C5)cc4)nn(CC(F)(F)F)c3=O)ccc2n1. The summed E-state index contributed by atoms with van der Waals surface area (Å²) in [5, 5.41) is 24.7. The minimum Gasteiger partial charge on any atom is -0.370 e. The van der Waals surface area contributed by atoms with Crippen molar-refractivity contribution in [2.75, 3.05) is 18.4 Å². The molecule has 0 bridgehead atoms. The molecule has 5 heterocycles. The number of carbonyl (C=O) groups excluding carboxylic acids is 3. The highest BCUT2D eigenvalue weighted by Crippen LogP contribution is 2.28. The molecule has 17 heteroatoms. The van der Waals surface area contributed by atoms with E-state index in [4.69, 9.17) is 0 Å². The van der Waals surface area contributed by atoms with E-state index >= 15 is 0 Å². The zero-order valence-electron chi connectivity index (χ0n) is 30.1. The number of carbonyl (C=O) groups is 3. The van der Waals surface area contributed by atoms with E-state index in [2.05, 4.69) is 25.8 Å². The molecule has 290 valence electrons. The van der Waals surface area contributed by atoms with Crippen LogP contribution in [0.15, 0.2) is 90.1 Å². The third-order valence-corrected chi connectivity index (χ3v) is 9.58. The minimum absolute atomic E-state index is 0.0429. The summed E-state index contributed by atoms with van der Waals surface area (Å²) in [6.45, 7) is 0.145. The van der Waals surface area contributed by atoms with E-state index in [-0.39, 0.29) is 29.7 Å². The van der Waals surface area contributed by atoms with Crippen LogP contribution in [-0.4, -0.2) is 82.8 Å². The molecule has 3 N–H and O–H groups in total. The monoisotopic (exact) mass is 769 g/mol. The molecule has 1 unspecified atom stereocenters. The van der Waals surface area contributed by atoms with E-state index in [0.29, 0.717) is 58.6 Å². The fraction of sp³-hybridized carbons (Fsp3) is 0.308. The number of anilines is 1. The molecule has 0 saturated heterocycles. The van der Waals surface area contributed by atoms with E-state index in [1.54, 1.807) is 64.4 Å². The van der Waals surface area contributed by atoms with Gasteiger partial charge in [0.15, 0.2) is 0 Å². The topological polar surface area (TPSA) is 168 Å². The van der Waals surface area contributed by atoms with Gasteiger partial charge in [-0.25, -0.2) is 9.48 Å². The number of halogens is 3. The van der Waals surface area contributed by atoms with Crippen LogP contribution in [0.4, 0.5) is 23.7 Å². The molecular weight excluding hydrogens is 731 g/mol. The molecule has 0 aliphatic carbocycles. The van der Waals surface area contributed by atoms with Crippen LogP contribution in [0.3, 0.4) is 0 Å². The second-order valence-electron chi connectivity index (χ2n) is 13.7. The van der Waals surface area contributed by atoms with Gasteiger partial charge in [0.05, 0.1) is 16.8 Å². The number of urea groups is 1. The third-order valence-electron chi connectivity index (χ3n) is 9.58. The lowest BCUT2D eigenvalue weighted by Gasteiger charge is -2.19. The summed E-state index contributed by atoms with van der Waals surface area (Å²) >= 11 is 0. The van der Waals surface area contributed by atoms with Crippen molar-refractivity contribution in [3.05, 3.63) is 107 Å². The molecule has 0 saturated carbocycles. The van der Waals surface area contributed by atoms with Gasteiger partial charge in [0.1, 0.15) is 19.3 Å². The predicted octanol–water partition coefficient (Wildman–Crippen LogP) is 4.83. The number of hydrogen-bond donors (Lipinski definition) is 3. The zero-order chi connectivity index (χ0) is 39.4. The van der Waals surface area contributed by atoms with Crippen molar-refractivity contribution in [2.24, 2.45) is 0 Å². The second kappa shape index (κ2) is 16.2. The van der Waals surface area contributed by atoms with Crippen LogP contribution in [0.25, 0.3) is 33.3 Å². The fourth-order valence-corrected chi connectivity index (χ4v) is 6.68. The van der Waals surface area contributed by atoms with E-state index in [0.717, 1.165) is 41.7 Å². The first-order chi connectivity index (χ1) is 26.9. The van der Waals surface area contributed by atoms with E-state index in [9.17, 15) is 37.5 Å². The molecule has 0 radical (unpaired) electrons. The van der Waals surface area contributed by atoms with Gasteiger partial charge in [-0.1, -0.05) is 31.0 Å². The largest absolute Gasteiger partial charge is 0.408 e. The number of aromatic nitrogens is 5. The highest BCUT2D eigenvalue weighted by atomic mass is 19.4. The standard InChI is InChI=1S/C39H38F3N9O5/c40-39(41,42)24-51-37(55)31(18-33(47-51)25-5-8-30(9-6-25)45-38(56)48-20-27-13-15-43-19-29(27)21-48)26-7-10-32-28(17-26)22-49(46-32)16-4-2-1-3-14-44-34(52)23-50-35(53)11-12-36(50)54/h5-13,15,17-19,22,35,53H,1-4,14,16,20-21,23-24H2,(H,44,52)(H,45,56). The number of nitrogens with zero attached hydrogens (tertiary/aromatic N) is 7. The third kappa shape index (κ3) is 8.94. The van der Waals surface area contributed by atoms with Crippen LogP contribution in [0.1, 0.15) is 36.8 Å². The molecule has 2 aliphatic rings. The molecule has 1 atom stereocenters. The van der Waals surface area contributed by atoms with Crippen LogP contribution >= 0.6 is 0 Å². The molecular formula is C39H38F3N9O5. The van der Waals surface area contributed by atoms with Crippen molar-refractivity contribution < 1.29 is 32.7 Å². The molecule has 7 rings (SSSR count).